The zero-order chi connectivity index (χ0) is 28.7. The van der Waals surface area contributed by atoms with E-state index in [1.54, 1.807) is 30.3 Å². The fraction of sp³-hybridized carbons (Fsp3) is 0.286. The van der Waals surface area contributed by atoms with Crippen molar-refractivity contribution >= 4 is 62.3 Å². The number of carbonyl (C=O) groups excluding carboxylic acids is 2. The molecule has 0 aliphatic heterocycles. The van der Waals surface area contributed by atoms with Crippen molar-refractivity contribution in [1.82, 2.24) is 10.2 Å². The van der Waals surface area contributed by atoms with Crippen LogP contribution in [0.5, 0.6) is 0 Å². The van der Waals surface area contributed by atoms with E-state index in [0.717, 1.165) is 16.1 Å². The summed E-state index contributed by atoms with van der Waals surface area (Å²) in [7, 11) is -3.93. The lowest BCUT2D eigenvalue weighted by Crippen LogP contribution is -2.54. The maximum Gasteiger partial charge on any atom is 0.244 e. The molecule has 3 aromatic carbocycles. The first-order valence-corrected chi connectivity index (χ1v) is 15.2. The second-order valence-corrected chi connectivity index (χ2v) is 12.4. The maximum atomic E-state index is 14.0. The van der Waals surface area contributed by atoms with Gasteiger partial charge >= 0.3 is 0 Å². The number of rotatable bonds is 11. The number of carbonyl (C=O) groups is 2. The second kappa shape index (κ2) is 13.5. The van der Waals surface area contributed by atoms with Crippen molar-refractivity contribution in [2.45, 2.75) is 38.9 Å². The van der Waals surface area contributed by atoms with Gasteiger partial charge in [-0.3, -0.25) is 13.9 Å². The van der Waals surface area contributed by atoms with Crippen molar-refractivity contribution in [2.75, 3.05) is 17.1 Å². The van der Waals surface area contributed by atoms with Crippen LogP contribution in [0.15, 0.2) is 72.8 Å². The molecule has 0 fully saturated rings. The fourth-order valence-electron chi connectivity index (χ4n) is 4.04. The lowest BCUT2D eigenvalue weighted by Gasteiger charge is -2.34. The Hall–Kier alpha value is -2.78. The molecule has 0 heterocycles. The standard InChI is InChI=1S/C28H30Cl3N3O4S/c1-19(2)32-28(36)26(16-20-10-5-4-6-11-20)33(17-21-22(29)13-9-14-23(21)30)27(35)18-34(39(3,37)38)25-15-8-7-12-24(25)31/h4-15,19,26H,16-18H2,1-3H3,(H,32,36)/t26-/m1/s1. The van der Waals surface area contributed by atoms with E-state index in [1.165, 1.54) is 17.0 Å². The van der Waals surface area contributed by atoms with Gasteiger partial charge in [-0.25, -0.2) is 8.42 Å². The Morgan fingerprint density at radius 3 is 1.97 bits per heavy atom. The largest absolute Gasteiger partial charge is 0.352 e. The highest BCUT2D eigenvalue weighted by Gasteiger charge is 2.34. The summed E-state index contributed by atoms with van der Waals surface area (Å²) in [5.41, 5.74) is 1.40. The lowest BCUT2D eigenvalue weighted by atomic mass is 10.0. The first-order chi connectivity index (χ1) is 18.4. The topological polar surface area (TPSA) is 86.8 Å². The minimum Gasteiger partial charge on any atom is -0.352 e. The van der Waals surface area contributed by atoms with Crippen molar-refractivity contribution in [3.8, 4) is 0 Å². The number of para-hydroxylation sites is 1. The number of anilines is 1. The second-order valence-electron chi connectivity index (χ2n) is 9.31. The maximum absolute atomic E-state index is 14.0. The number of amides is 2. The van der Waals surface area contributed by atoms with E-state index >= 15 is 0 Å². The van der Waals surface area contributed by atoms with Gasteiger partial charge in [0.1, 0.15) is 12.6 Å². The molecule has 1 atom stereocenters. The SMILES string of the molecule is CC(C)NC(=O)[C@@H](Cc1ccccc1)N(Cc1c(Cl)cccc1Cl)C(=O)CN(c1ccccc1Cl)S(C)(=O)=O. The summed E-state index contributed by atoms with van der Waals surface area (Å²) < 4.78 is 26.6. The quantitative estimate of drug-likeness (QED) is 0.307. The summed E-state index contributed by atoms with van der Waals surface area (Å²) in [6.07, 6.45) is 1.17. The van der Waals surface area contributed by atoms with Gasteiger partial charge in [-0.2, -0.15) is 0 Å². The molecular formula is C28H30Cl3N3O4S. The van der Waals surface area contributed by atoms with Gasteiger partial charge in [-0.1, -0.05) is 83.3 Å². The van der Waals surface area contributed by atoms with Gasteiger partial charge in [0.2, 0.25) is 21.8 Å². The van der Waals surface area contributed by atoms with Crippen LogP contribution >= 0.6 is 34.8 Å². The van der Waals surface area contributed by atoms with E-state index < -0.39 is 34.4 Å². The third-order valence-electron chi connectivity index (χ3n) is 5.89. The minimum atomic E-state index is -3.93. The molecule has 3 aromatic rings. The first-order valence-electron chi connectivity index (χ1n) is 12.2. The van der Waals surface area contributed by atoms with Crippen LogP contribution < -0.4 is 9.62 Å². The van der Waals surface area contributed by atoms with Crippen molar-refractivity contribution in [3.63, 3.8) is 0 Å². The third-order valence-corrected chi connectivity index (χ3v) is 8.05. The summed E-state index contributed by atoms with van der Waals surface area (Å²) >= 11 is 19.2. The third kappa shape index (κ3) is 8.35. The van der Waals surface area contributed by atoms with E-state index in [9.17, 15) is 18.0 Å². The van der Waals surface area contributed by atoms with Crippen molar-refractivity contribution in [1.29, 1.82) is 0 Å². The average Bonchev–Trinajstić information content (AvgIpc) is 2.86. The number of benzene rings is 3. The van der Waals surface area contributed by atoms with Crippen LogP contribution in [-0.4, -0.2) is 50.0 Å². The first kappa shape index (κ1) is 30.8. The molecule has 39 heavy (non-hydrogen) atoms. The normalized spacial score (nSPS) is 12.2. The number of halogens is 3. The van der Waals surface area contributed by atoms with Crippen molar-refractivity contribution in [3.05, 3.63) is 99.0 Å². The van der Waals surface area contributed by atoms with E-state index in [4.69, 9.17) is 34.8 Å². The molecule has 208 valence electrons. The van der Waals surface area contributed by atoms with Crippen molar-refractivity contribution < 1.29 is 18.0 Å². The molecular weight excluding hydrogens is 581 g/mol. The van der Waals surface area contributed by atoms with E-state index in [-0.39, 0.29) is 29.7 Å². The summed E-state index contributed by atoms with van der Waals surface area (Å²) in [6.45, 7) is 2.92. The molecule has 0 aliphatic rings. The molecule has 3 rings (SSSR count). The van der Waals surface area contributed by atoms with Gasteiger partial charge in [-0.15, -0.1) is 0 Å². The Morgan fingerprint density at radius 2 is 1.41 bits per heavy atom. The Morgan fingerprint density at radius 1 is 0.846 bits per heavy atom. The van der Waals surface area contributed by atoms with Crippen LogP contribution in [0.3, 0.4) is 0 Å². The highest BCUT2D eigenvalue weighted by Crippen LogP contribution is 2.30. The average molecular weight is 611 g/mol. The van der Waals surface area contributed by atoms with Crippen LogP contribution in [0.4, 0.5) is 5.69 Å². The van der Waals surface area contributed by atoms with E-state index in [2.05, 4.69) is 5.32 Å². The highest BCUT2D eigenvalue weighted by atomic mass is 35.5. The van der Waals surface area contributed by atoms with Crippen LogP contribution in [-0.2, 0) is 32.6 Å². The van der Waals surface area contributed by atoms with Gasteiger partial charge in [-0.05, 0) is 43.7 Å². The predicted molar refractivity (Wildman–Crippen MR) is 158 cm³/mol. The molecule has 0 aliphatic carbocycles. The highest BCUT2D eigenvalue weighted by molar-refractivity contribution is 7.92. The Kier molecular flexibility index (Phi) is 10.7. The van der Waals surface area contributed by atoms with E-state index in [0.29, 0.717) is 15.6 Å². The van der Waals surface area contributed by atoms with Gasteiger partial charge in [0.25, 0.3) is 0 Å². The van der Waals surface area contributed by atoms with E-state index in [1.807, 2.05) is 44.2 Å². The molecule has 0 saturated carbocycles. The molecule has 1 N–H and O–H groups in total. The minimum absolute atomic E-state index is 0.125. The molecule has 0 aromatic heterocycles. The number of hydrogen-bond acceptors (Lipinski definition) is 4. The zero-order valence-corrected chi connectivity index (χ0v) is 24.9. The van der Waals surface area contributed by atoms with Gasteiger partial charge < -0.3 is 10.2 Å². The Balaban J connectivity index is 2.11. The number of nitrogens with one attached hydrogen (secondary N) is 1. The predicted octanol–water partition coefficient (Wildman–Crippen LogP) is 5.58. The van der Waals surface area contributed by atoms with Crippen LogP contribution in [0.2, 0.25) is 15.1 Å². The van der Waals surface area contributed by atoms with Gasteiger partial charge in [0.05, 0.1) is 17.0 Å². The monoisotopic (exact) mass is 609 g/mol. The van der Waals surface area contributed by atoms with Crippen molar-refractivity contribution in [2.24, 2.45) is 0 Å². The Bertz CT molecular complexity index is 1400. The van der Waals surface area contributed by atoms with Crippen LogP contribution in [0.25, 0.3) is 0 Å². The van der Waals surface area contributed by atoms with Crippen LogP contribution in [0.1, 0.15) is 25.0 Å². The zero-order valence-electron chi connectivity index (χ0n) is 21.8. The Labute approximate surface area is 244 Å². The number of sulfonamides is 1. The molecule has 0 saturated heterocycles. The molecule has 0 spiro atoms. The molecule has 0 radical (unpaired) electrons. The molecule has 7 nitrogen and oxygen atoms in total. The van der Waals surface area contributed by atoms with Crippen LogP contribution in [0, 0.1) is 0 Å². The van der Waals surface area contributed by atoms with Gasteiger partial charge in [0, 0.05) is 34.6 Å². The number of hydrogen-bond donors (Lipinski definition) is 1. The summed E-state index contributed by atoms with van der Waals surface area (Å²) in [5.74, 6) is -1.02. The molecule has 2 amide bonds. The fourth-order valence-corrected chi connectivity index (χ4v) is 5.70. The summed E-state index contributed by atoms with van der Waals surface area (Å²) in [4.78, 5) is 28.9. The number of nitrogens with zero attached hydrogens (tertiary/aromatic N) is 2. The summed E-state index contributed by atoms with van der Waals surface area (Å²) in [6, 6.07) is 19.3. The summed E-state index contributed by atoms with van der Waals surface area (Å²) in [5, 5.41) is 3.68. The molecule has 0 unspecified atom stereocenters. The lowest BCUT2D eigenvalue weighted by molar-refractivity contribution is -0.140. The smallest absolute Gasteiger partial charge is 0.244 e. The molecule has 11 heteroatoms. The van der Waals surface area contributed by atoms with Gasteiger partial charge in [0.15, 0.2) is 0 Å². The molecule has 0 bridgehead atoms.